The second-order valence-corrected chi connectivity index (χ2v) is 2.48. The lowest BCUT2D eigenvalue weighted by atomic mass is 10.2. The van der Waals surface area contributed by atoms with Gasteiger partial charge in [0.2, 0.25) is 0 Å². The Balaban J connectivity index is 4.00. The Kier molecular flexibility index (Phi) is 3.29. The van der Waals surface area contributed by atoms with E-state index < -0.39 is 18.4 Å². The van der Waals surface area contributed by atoms with E-state index in [0.717, 1.165) is 6.08 Å². The molecular weight excluding hydrogens is 157 g/mol. The van der Waals surface area contributed by atoms with Gasteiger partial charge in [-0.1, -0.05) is 5.57 Å². The highest BCUT2D eigenvalue weighted by Gasteiger charge is 2.29. The third-order valence-corrected chi connectivity index (χ3v) is 0.824. The molecule has 0 fully saturated rings. The quantitative estimate of drug-likeness (QED) is 0.576. The lowest BCUT2D eigenvalue weighted by molar-refractivity contribution is -0.148. The monoisotopic (exact) mass is 166 g/mol. The van der Waals surface area contributed by atoms with Crippen molar-refractivity contribution in [2.45, 2.75) is 26.4 Å². The van der Waals surface area contributed by atoms with Crippen LogP contribution in [0.4, 0.5) is 13.2 Å². The molecule has 11 heavy (non-hydrogen) atoms. The average Bonchev–Trinajstić information content (AvgIpc) is 1.53. The van der Waals surface area contributed by atoms with E-state index in [2.05, 4.69) is 0 Å². The van der Waals surface area contributed by atoms with Crippen LogP contribution in [0.2, 0.25) is 0 Å². The van der Waals surface area contributed by atoms with Crippen LogP contribution in [0.25, 0.3) is 0 Å². The van der Waals surface area contributed by atoms with Crippen LogP contribution < -0.4 is 0 Å². The molecular formula is C7H9F3O. The smallest absolute Gasteiger partial charge is 0.294 e. The van der Waals surface area contributed by atoms with Crippen LogP contribution in [0.5, 0.6) is 0 Å². The van der Waals surface area contributed by atoms with Crippen LogP contribution in [0.3, 0.4) is 0 Å². The van der Waals surface area contributed by atoms with Crippen molar-refractivity contribution in [3.05, 3.63) is 11.6 Å². The first-order valence-corrected chi connectivity index (χ1v) is 3.06. The van der Waals surface area contributed by atoms with E-state index in [9.17, 15) is 18.0 Å². The van der Waals surface area contributed by atoms with Crippen molar-refractivity contribution in [1.29, 1.82) is 0 Å². The van der Waals surface area contributed by atoms with Gasteiger partial charge in [0, 0.05) is 0 Å². The molecule has 0 aliphatic carbocycles. The van der Waals surface area contributed by atoms with Crippen molar-refractivity contribution >= 4 is 5.78 Å². The summed E-state index contributed by atoms with van der Waals surface area (Å²) in [5.74, 6) is -0.891. The van der Waals surface area contributed by atoms with Crippen LogP contribution in [0.15, 0.2) is 11.6 Å². The van der Waals surface area contributed by atoms with Crippen LogP contribution in [0, 0.1) is 0 Å². The fraction of sp³-hybridized carbons (Fsp3) is 0.571. The zero-order valence-corrected chi connectivity index (χ0v) is 6.33. The SMILES string of the molecule is CC(C)=CC(=O)CC(F)(F)F. The van der Waals surface area contributed by atoms with Gasteiger partial charge < -0.3 is 0 Å². The third-order valence-electron chi connectivity index (χ3n) is 0.824. The molecule has 0 heterocycles. The fourth-order valence-electron chi connectivity index (χ4n) is 0.571. The van der Waals surface area contributed by atoms with Gasteiger partial charge in [-0.3, -0.25) is 4.79 Å². The molecule has 0 rings (SSSR count). The molecule has 4 heteroatoms. The van der Waals surface area contributed by atoms with E-state index in [-0.39, 0.29) is 0 Å². The van der Waals surface area contributed by atoms with Crippen molar-refractivity contribution in [2.24, 2.45) is 0 Å². The first-order chi connectivity index (χ1) is 4.81. The standard InChI is InChI=1S/C7H9F3O/c1-5(2)3-6(11)4-7(8,9)10/h3H,4H2,1-2H3. The zero-order valence-electron chi connectivity index (χ0n) is 6.33. The van der Waals surface area contributed by atoms with E-state index >= 15 is 0 Å². The predicted molar refractivity (Wildman–Crippen MR) is 35.1 cm³/mol. The molecule has 0 aromatic rings. The Labute approximate surface area is 62.9 Å². The van der Waals surface area contributed by atoms with Crippen LogP contribution in [-0.4, -0.2) is 12.0 Å². The molecule has 0 bridgehead atoms. The predicted octanol–water partition coefficient (Wildman–Crippen LogP) is 2.47. The van der Waals surface area contributed by atoms with E-state index in [4.69, 9.17) is 0 Å². The second kappa shape index (κ2) is 3.55. The highest BCUT2D eigenvalue weighted by atomic mass is 19.4. The van der Waals surface area contributed by atoms with E-state index in [0.29, 0.717) is 5.57 Å². The maximum absolute atomic E-state index is 11.5. The van der Waals surface area contributed by atoms with Crippen molar-refractivity contribution in [3.8, 4) is 0 Å². The average molecular weight is 166 g/mol. The van der Waals surface area contributed by atoms with Gasteiger partial charge in [0.25, 0.3) is 0 Å². The fourth-order valence-corrected chi connectivity index (χ4v) is 0.571. The van der Waals surface area contributed by atoms with E-state index in [1.165, 1.54) is 0 Å². The maximum Gasteiger partial charge on any atom is 0.396 e. The number of hydrogen-bond donors (Lipinski definition) is 0. The summed E-state index contributed by atoms with van der Waals surface area (Å²) < 4.78 is 34.5. The first kappa shape index (κ1) is 10.2. The summed E-state index contributed by atoms with van der Waals surface area (Å²) in [5.41, 5.74) is 0.583. The molecule has 0 radical (unpaired) electrons. The lowest BCUT2D eigenvalue weighted by Gasteiger charge is -2.01. The summed E-state index contributed by atoms with van der Waals surface area (Å²) in [6.07, 6.45) is -4.76. The summed E-state index contributed by atoms with van der Waals surface area (Å²) in [7, 11) is 0. The largest absolute Gasteiger partial charge is 0.396 e. The van der Waals surface area contributed by atoms with Gasteiger partial charge >= 0.3 is 6.18 Å². The van der Waals surface area contributed by atoms with Gasteiger partial charge in [-0.25, -0.2) is 0 Å². The number of allylic oxidation sites excluding steroid dienone is 2. The first-order valence-electron chi connectivity index (χ1n) is 3.06. The third kappa shape index (κ3) is 7.09. The molecule has 0 saturated heterocycles. The molecule has 0 aromatic heterocycles. The molecule has 0 N–H and O–H groups in total. The molecule has 0 atom stereocenters. The number of alkyl halides is 3. The molecule has 0 unspecified atom stereocenters. The van der Waals surface area contributed by atoms with Gasteiger partial charge in [0.15, 0.2) is 5.78 Å². The van der Waals surface area contributed by atoms with Crippen molar-refractivity contribution in [2.75, 3.05) is 0 Å². The topological polar surface area (TPSA) is 17.1 Å². The highest BCUT2D eigenvalue weighted by Crippen LogP contribution is 2.19. The number of ketones is 1. The maximum atomic E-state index is 11.5. The molecule has 0 aliphatic heterocycles. The molecule has 0 aliphatic rings. The number of hydrogen-bond acceptors (Lipinski definition) is 1. The van der Waals surface area contributed by atoms with Crippen molar-refractivity contribution in [1.82, 2.24) is 0 Å². The van der Waals surface area contributed by atoms with Gasteiger partial charge in [0.05, 0.1) is 0 Å². The molecule has 0 amide bonds. The van der Waals surface area contributed by atoms with E-state index in [1.54, 1.807) is 13.8 Å². The summed E-state index contributed by atoms with van der Waals surface area (Å²) in [6, 6.07) is 0. The number of halogens is 3. The number of rotatable bonds is 2. The van der Waals surface area contributed by atoms with Gasteiger partial charge in [-0.15, -0.1) is 0 Å². The second-order valence-electron chi connectivity index (χ2n) is 2.48. The molecule has 0 aromatic carbocycles. The minimum absolute atomic E-state index is 0.583. The van der Waals surface area contributed by atoms with Crippen molar-refractivity contribution < 1.29 is 18.0 Å². The van der Waals surface area contributed by atoms with Gasteiger partial charge in [0.1, 0.15) is 6.42 Å². The molecule has 0 spiro atoms. The Morgan fingerprint density at radius 2 is 1.82 bits per heavy atom. The molecule has 1 nitrogen and oxygen atoms in total. The number of carbonyl (C=O) groups excluding carboxylic acids is 1. The van der Waals surface area contributed by atoms with E-state index in [1.807, 2.05) is 0 Å². The Bertz CT molecular complexity index is 175. The Morgan fingerprint density at radius 1 is 1.36 bits per heavy atom. The Hall–Kier alpha value is -0.800. The van der Waals surface area contributed by atoms with Crippen LogP contribution >= 0.6 is 0 Å². The van der Waals surface area contributed by atoms with Gasteiger partial charge in [-0.2, -0.15) is 13.2 Å². The molecule has 0 saturated carbocycles. The lowest BCUT2D eigenvalue weighted by Crippen LogP contribution is -2.13. The zero-order chi connectivity index (χ0) is 9.07. The van der Waals surface area contributed by atoms with Gasteiger partial charge in [-0.05, 0) is 19.9 Å². The minimum Gasteiger partial charge on any atom is -0.294 e. The minimum atomic E-state index is -4.39. The summed E-state index contributed by atoms with van der Waals surface area (Å²) in [5, 5.41) is 0. The summed E-state index contributed by atoms with van der Waals surface area (Å²) >= 11 is 0. The highest BCUT2D eigenvalue weighted by molar-refractivity contribution is 5.90. The van der Waals surface area contributed by atoms with Crippen molar-refractivity contribution in [3.63, 3.8) is 0 Å². The number of carbonyl (C=O) groups is 1. The normalized spacial score (nSPS) is 11.0. The van der Waals surface area contributed by atoms with Crippen LogP contribution in [0.1, 0.15) is 20.3 Å². The van der Waals surface area contributed by atoms with Crippen LogP contribution in [-0.2, 0) is 4.79 Å². The Morgan fingerprint density at radius 3 is 2.09 bits per heavy atom. The summed E-state index contributed by atoms with van der Waals surface area (Å²) in [6.45, 7) is 3.16. The summed E-state index contributed by atoms with van der Waals surface area (Å²) in [4.78, 5) is 10.5. The molecule has 64 valence electrons.